The summed E-state index contributed by atoms with van der Waals surface area (Å²) in [5.41, 5.74) is 2.15. The summed E-state index contributed by atoms with van der Waals surface area (Å²) in [4.78, 5) is 21.0. The number of nitro groups is 1. The van der Waals surface area contributed by atoms with Gasteiger partial charge in [0.2, 0.25) is 5.91 Å². The number of alkyl halides is 3. The Balaban J connectivity index is 2.74. The molecular weight excluding hydrogens is 265 g/mol. The molecule has 2 rings (SSSR count). The Labute approximate surface area is 105 Å². The summed E-state index contributed by atoms with van der Waals surface area (Å²) in [6, 6.07) is 1.46. The van der Waals surface area contributed by atoms with Crippen LogP contribution in [0.1, 0.15) is 40.2 Å². The van der Waals surface area contributed by atoms with Gasteiger partial charge >= 0.3 is 6.18 Å². The molecule has 1 fully saturated rings. The van der Waals surface area contributed by atoms with Gasteiger partial charge in [-0.2, -0.15) is 13.2 Å². The number of rotatable bonds is 3. The molecule has 1 aliphatic rings. The van der Waals surface area contributed by atoms with Crippen molar-refractivity contribution in [2.75, 3.05) is 0 Å². The molecule has 0 saturated heterocycles. The predicted molar refractivity (Wildman–Crippen MR) is 58.6 cm³/mol. The van der Waals surface area contributed by atoms with Crippen LogP contribution in [-0.4, -0.2) is 10.8 Å². The number of hydrogen-bond acceptors (Lipinski definition) is 3. The third-order valence-corrected chi connectivity index (χ3v) is 2.93. The van der Waals surface area contributed by atoms with Crippen molar-refractivity contribution in [3.8, 4) is 0 Å². The lowest BCUT2D eigenvalue weighted by molar-refractivity contribution is -0.385. The third kappa shape index (κ3) is 2.51. The molecule has 0 atom stereocenters. The van der Waals surface area contributed by atoms with E-state index in [1.54, 1.807) is 0 Å². The molecule has 0 spiro atoms. The Bertz CT molecular complexity index is 565. The molecule has 1 aromatic carbocycles. The average molecular weight is 274 g/mol. The molecule has 0 heterocycles. The van der Waals surface area contributed by atoms with Gasteiger partial charge in [0.1, 0.15) is 0 Å². The fourth-order valence-electron chi connectivity index (χ4n) is 1.98. The average Bonchev–Trinajstić information content (AvgIpc) is 3.09. The van der Waals surface area contributed by atoms with Gasteiger partial charge in [0, 0.05) is 12.1 Å². The third-order valence-electron chi connectivity index (χ3n) is 2.93. The van der Waals surface area contributed by atoms with Gasteiger partial charge in [0.05, 0.1) is 16.1 Å². The summed E-state index contributed by atoms with van der Waals surface area (Å²) >= 11 is 0. The molecule has 2 N–H and O–H groups in total. The molecule has 0 aliphatic heterocycles. The summed E-state index contributed by atoms with van der Waals surface area (Å²) in [5.74, 6) is -1.72. The van der Waals surface area contributed by atoms with Crippen LogP contribution in [0.5, 0.6) is 0 Å². The van der Waals surface area contributed by atoms with Crippen LogP contribution in [-0.2, 0) is 6.18 Å². The largest absolute Gasteiger partial charge is 0.417 e. The lowest BCUT2D eigenvalue weighted by atomic mass is 9.95. The predicted octanol–water partition coefficient (Wildman–Crippen LogP) is 2.59. The van der Waals surface area contributed by atoms with Crippen LogP contribution < -0.4 is 5.73 Å². The van der Waals surface area contributed by atoms with E-state index in [2.05, 4.69) is 0 Å². The van der Waals surface area contributed by atoms with E-state index in [1.165, 1.54) is 0 Å². The van der Waals surface area contributed by atoms with Gasteiger partial charge < -0.3 is 5.73 Å². The van der Waals surface area contributed by atoms with E-state index in [1.807, 2.05) is 0 Å². The Morgan fingerprint density at radius 3 is 2.32 bits per heavy atom. The number of non-ortho nitro benzene ring substituents is 1. The smallest absolute Gasteiger partial charge is 0.366 e. The van der Waals surface area contributed by atoms with Gasteiger partial charge in [-0.3, -0.25) is 14.9 Å². The number of benzene rings is 1. The maximum absolute atomic E-state index is 13.0. The standard InChI is InChI=1S/C11H9F3N2O3/c12-11(13,14)9-7(5-1-2-5)3-6(16(18)19)4-8(9)10(15)17/h3-5H,1-2H2,(H2,15,17). The van der Waals surface area contributed by atoms with Crippen molar-refractivity contribution in [1.29, 1.82) is 0 Å². The molecule has 5 nitrogen and oxygen atoms in total. The van der Waals surface area contributed by atoms with Crippen molar-refractivity contribution >= 4 is 11.6 Å². The first kappa shape index (κ1) is 13.3. The van der Waals surface area contributed by atoms with E-state index in [0.29, 0.717) is 18.9 Å². The zero-order valence-corrected chi connectivity index (χ0v) is 9.53. The van der Waals surface area contributed by atoms with Gasteiger partial charge in [-0.1, -0.05) is 0 Å². The van der Waals surface area contributed by atoms with Gasteiger partial charge in [-0.15, -0.1) is 0 Å². The summed E-state index contributed by atoms with van der Waals surface area (Å²) in [6.45, 7) is 0. The molecule has 102 valence electrons. The van der Waals surface area contributed by atoms with Crippen molar-refractivity contribution in [3.05, 3.63) is 38.9 Å². The van der Waals surface area contributed by atoms with Gasteiger partial charge in [0.25, 0.3) is 5.69 Å². The second-order valence-corrected chi connectivity index (χ2v) is 4.35. The normalized spacial score (nSPS) is 15.3. The minimum absolute atomic E-state index is 0.212. The van der Waals surface area contributed by atoms with E-state index in [4.69, 9.17) is 5.73 Å². The minimum atomic E-state index is -4.77. The molecule has 8 heteroatoms. The highest BCUT2D eigenvalue weighted by atomic mass is 19.4. The van der Waals surface area contributed by atoms with E-state index in [9.17, 15) is 28.1 Å². The molecule has 19 heavy (non-hydrogen) atoms. The van der Waals surface area contributed by atoms with E-state index >= 15 is 0 Å². The van der Waals surface area contributed by atoms with Crippen LogP contribution in [0.3, 0.4) is 0 Å². The minimum Gasteiger partial charge on any atom is -0.366 e. The van der Waals surface area contributed by atoms with Crippen molar-refractivity contribution in [2.45, 2.75) is 24.9 Å². The zero-order chi connectivity index (χ0) is 14.4. The summed E-state index contributed by atoms with van der Waals surface area (Å²) in [6.07, 6.45) is -3.73. The second-order valence-electron chi connectivity index (χ2n) is 4.35. The van der Waals surface area contributed by atoms with Crippen molar-refractivity contribution in [2.24, 2.45) is 5.73 Å². The van der Waals surface area contributed by atoms with E-state index in [-0.39, 0.29) is 5.56 Å². The highest BCUT2D eigenvalue weighted by molar-refractivity contribution is 5.95. The lowest BCUT2D eigenvalue weighted by Crippen LogP contribution is -2.21. The van der Waals surface area contributed by atoms with E-state index in [0.717, 1.165) is 6.07 Å². The molecule has 1 amide bonds. The number of nitro benzene ring substituents is 1. The second kappa shape index (κ2) is 4.22. The quantitative estimate of drug-likeness (QED) is 0.678. The number of primary amides is 1. The van der Waals surface area contributed by atoms with Crippen LogP contribution in [0, 0.1) is 10.1 Å². The Hall–Kier alpha value is -2.12. The fraction of sp³-hybridized carbons (Fsp3) is 0.364. The maximum atomic E-state index is 13.0. The summed E-state index contributed by atoms with van der Waals surface area (Å²) in [5, 5.41) is 10.7. The molecule has 0 aromatic heterocycles. The van der Waals surface area contributed by atoms with Gasteiger partial charge in [-0.05, 0) is 24.3 Å². The number of carbonyl (C=O) groups is 1. The topological polar surface area (TPSA) is 86.2 Å². The molecular formula is C11H9F3N2O3. The van der Waals surface area contributed by atoms with Crippen LogP contribution in [0.15, 0.2) is 12.1 Å². The zero-order valence-electron chi connectivity index (χ0n) is 9.53. The highest BCUT2D eigenvalue weighted by Crippen LogP contribution is 2.48. The summed E-state index contributed by atoms with van der Waals surface area (Å²) in [7, 11) is 0. The molecule has 1 saturated carbocycles. The molecule has 1 aliphatic carbocycles. The number of nitrogens with two attached hydrogens (primary N) is 1. The van der Waals surface area contributed by atoms with E-state index < -0.39 is 39.7 Å². The van der Waals surface area contributed by atoms with Crippen LogP contribution in [0.25, 0.3) is 0 Å². The van der Waals surface area contributed by atoms with Crippen molar-refractivity contribution in [3.63, 3.8) is 0 Å². The number of carbonyl (C=O) groups excluding carboxylic acids is 1. The van der Waals surface area contributed by atoms with Crippen molar-refractivity contribution < 1.29 is 22.9 Å². The maximum Gasteiger partial charge on any atom is 0.417 e. The number of nitrogens with zero attached hydrogens (tertiary/aromatic N) is 1. The monoisotopic (exact) mass is 274 g/mol. The Kier molecular flexibility index (Phi) is 2.95. The SMILES string of the molecule is NC(=O)c1cc([N+](=O)[O-])cc(C2CC2)c1C(F)(F)F. The highest BCUT2D eigenvalue weighted by Gasteiger charge is 2.42. The van der Waals surface area contributed by atoms with Crippen LogP contribution in [0.4, 0.5) is 18.9 Å². The van der Waals surface area contributed by atoms with Crippen molar-refractivity contribution in [1.82, 2.24) is 0 Å². The first-order valence-corrected chi connectivity index (χ1v) is 5.41. The Morgan fingerprint density at radius 1 is 1.37 bits per heavy atom. The van der Waals surface area contributed by atoms with Gasteiger partial charge in [0.15, 0.2) is 0 Å². The Morgan fingerprint density at radius 2 is 1.95 bits per heavy atom. The fourth-order valence-corrected chi connectivity index (χ4v) is 1.98. The number of halogens is 3. The lowest BCUT2D eigenvalue weighted by Gasteiger charge is -2.15. The molecule has 0 radical (unpaired) electrons. The molecule has 1 aromatic rings. The molecule has 0 unspecified atom stereocenters. The number of hydrogen-bond donors (Lipinski definition) is 1. The van der Waals surface area contributed by atoms with Crippen LogP contribution >= 0.6 is 0 Å². The van der Waals surface area contributed by atoms with Crippen LogP contribution in [0.2, 0.25) is 0 Å². The first-order valence-electron chi connectivity index (χ1n) is 5.41. The summed E-state index contributed by atoms with van der Waals surface area (Å²) < 4.78 is 39.0. The first-order chi connectivity index (χ1) is 8.71. The van der Waals surface area contributed by atoms with Gasteiger partial charge in [-0.25, -0.2) is 0 Å². The molecule has 0 bridgehead atoms. The number of amides is 1.